The summed E-state index contributed by atoms with van der Waals surface area (Å²) < 4.78 is 15.6. The summed E-state index contributed by atoms with van der Waals surface area (Å²) in [4.78, 5) is 2.34. The van der Waals surface area contributed by atoms with Gasteiger partial charge in [-0.15, -0.1) is 0 Å². The highest BCUT2D eigenvalue weighted by Crippen LogP contribution is 2.14. The number of aliphatic hydroxyl groups excluding tert-OH is 1. The van der Waals surface area contributed by atoms with Gasteiger partial charge >= 0.3 is 0 Å². The van der Waals surface area contributed by atoms with Crippen molar-refractivity contribution >= 4 is 0 Å². The lowest BCUT2D eigenvalue weighted by Gasteiger charge is -2.26. The van der Waals surface area contributed by atoms with Crippen LogP contribution in [0.2, 0.25) is 0 Å². The molecule has 3 nitrogen and oxygen atoms in total. The van der Waals surface area contributed by atoms with Gasteiger partial charge in [0.25, 0.3) is 0 Å². The largest absolute Gasteiger partial charge is 0.392 e. The molecular weight excluding hydrogens is 327 g/mol. The minimum atomic E-state index is -0.279. The molecular formula is C22H33FN2O. The summed E-state index contributed by atoms with van der Waals surface area (Å²) >= 11 is 0. The van der Waals surface area contributed by atoms with Crippen molar-refractivity contribution in [2.24, 2.45) is 5.92 Å². The fourth-order valence-electron chi connectivity index (χ4n) is 3.21. The summed E-state index contributed by atoms with van der Waals surface area (Å²) in [5, 5.41) is 10.3. The Labute approximate surface area is 157 Å². The summed E-state index contributed by atoms with van der Waals surface area (Å²) in [7, 11) is 0. The van der Waals surface area contributed by atoms with Crippen molar-refractivity contribution in [3.63, 3.8) is 0 Å². The van der Waals surface area contributed by atoms with E-state index >= 15 is 0 Å². The van der Waals surface area contributed by atoms with Crippen molar-refractivity contribution in [2.45, 2.75) is 59.2 Å². The Kier molecular flexibility index (Phi) is 8.33. The Morgan fingerprint density at radius 2 is 1.96 bits per heavy atom. The van der Waals surface area contributed by atoms with Gasteiger partial charge in [0.2, 0.25) is 0 Å². The van der Waals surface area contributed by atoms with E-state index in [0.29, 0.717) is 19.0 Å². The van der Waals surface area contributed by atoms with Crippen LogP contribution < -0.4 is 0 Å². The fourth-order valence-corrected chi connectivity index (χ4v) is 3.21. The number of hydrogen-bond donors (Lipinski definition) is 1. The quantitative estimate of drug-likeness (QED) is 0.630. The highest BCUT2D eigenvalue weighted by atomic mass is 19.1. The highest BCUT2D eigenvalue weighted by molar-refractivity contribution is 5.18. The summed E-state index contributed by atoms with van der Waals surface area (Å²) in [6.07, 6.45) is 4.71. The minimum absolute atomic E-state index is 0.197. The van der Waals surface area contributed by atoms with Crippen molar-refractivity contribution < 1.29 is 9.50 Å². The lowest BCUT2D eigenvalue weighted by Crippen LogP contribution is -2.34. The molecule has 0 spiro atoms. The molecule has 1 atom stereocenters. The van der Waals surface area contributed by atoms with Gasteiger partial charge in [0.1, 0.15) is 5.82 Å². The maximum atomic E-state index is 13.5. The molecule has 144 valence electrons. The summed E-state index contributed by atoms with van der Waals surface area (Å²) in [5.41, 5.74) is 2.16. The van der Waals surface area contributed by atoms with Gasteiger partial charge in [-0.2, -0.15) is 0 Å². The van der Waals surface area contributed by atoms with Gasteiger partial charge in [0.05, 0.1) is 6.10 Å². The average molecular weight is 361 g/mol. The van der Waals surface area contributed by atoms with Crippen LogP contribution in [-0.4, -0.2) is 33.8 Å². The fraction of sp³-hybridized carbons (Fsp3) is 0.545. The zero-order chi connectivity index (χ0) is 18.9. The molecule has 2 rings (SSSR count). The molecule has 0 aliphatic rings. The molecule has 0 aliphatic heterocycles. The molecule has 0 saturated heterocycles. The molecule has 0 aliphatic carbocycles. The van der Waals surface area contributed by atoms with Gasteiger partial charge in [-0.25, -0.2) is 4.39 Å². The second-order valence-electron chi connectivity index (χ2n) is 7.62. The normalized spacial score (nSPS) is 12.9. The van der Waals surface area contributed by atoms with Gasteiger partial charge in [-0.3, -0.25) is 4.90 Å². The molecule has 4 heteroatoms. The monoisotopic (exact) mass is 360 g/mol. The Morgan fingerprint density at radius 1 is 1.15 bits per heavy atom. The molecule has 26 heavy (non-hydrogen) atoms. The van der Waals surface area contributed by atoms with Gasteiger partial charge in [-0.05, 0) is 55.1 Å². The molecule has 0 radical (unpaired) electrons. The summed E-state index contributed by atoms with van der Waals surface area (Å²) in [6.45, 7) is 9.70. The zero-order valence-electron chi connectivity index (χ0n) is 16.4. The molecule has 0 unspecified atom stereocenters. The van der Waals surface area contributed by atoms with E-state index in [1.54, 1.807) is 12.1 Å². The summed E-state index contributed by atoms with van der Waals surface area (Å²) in [5.74, 6) is 0.442. The Morgan fingerprint density at radius 3 is 2.65 bits per heavy atom. The number of halogens is 1. The first kappa shape index (κ1) is 20.7. The predicted octanol–water partition coefficient (Wildman–Crippen LogP) is 4.68. The van der Waals surface area contributed by atoms with Crippen LogP contribution >= 0.6 is 0 Å². The van der Waals surface area contributed by atoms with Crippen LogP contribution in [0.25, 0.3) is 0 Å². The molecule has 2 aromatic rings. The first-order valence-corrected chi connectivity index (χ1v) is 9.76. The number of aliphatic hydroxyl groups is 1. The lowest BCUT2D eigenvalue weighted by atomic mass is 10.1. The zero-order valence-corrected chi connectivity index (χ0v) is 16.4. The SMILES string of the molecule is CCC[C@@H](O)CN(CCC(C)C)Cc1cccn1Cc1cccc(F)c1. The van der Waals surface area contributed by atoms with Gasteiger partial charge in [0, 0.05) is 31.5 Å². The number of rotatable bonds is 11. The van der Waals surface area contributed by atoms with E-state index < -0.39 is 0 Å². The van der Waals surface area contributed by atoms with Crippen LogP contribution in [0.5, 0.6) is 0 Å². The molecule has 0 bridgehead atoms. The van der Waals surface area contributed by atoms with E-state index in [4.69, 9.17) is 0 Å². The van der Waals surface area contributed by atoms with Crippen LogP contribution in [0, 0.1) is 11.7 Å². The van der Waals surface area contributed by atoms with E-state index in [0.717, 1.165) is 37.9 Å². The van der Waals surface area contributed by atoms with Crippen LogP contribution in [-0.2, 0) is 13.1 Å². The van der Waals surface area contributed by atoms with E-state index in [2.05, 4.69) is 36.3 Å². The average Bonchev–Trinajstić information content (AvgIpc) is 2.99. The Balaban J connectivity index is 2.05. The van der Waals surface area contributed by atoms with E-state index in [9.17, 15) is 9.50 Å². The molecule has 0 saturated carbocycles. The number of aromatic nitrogens is 1. The van der Waals surface area contributed by atoms with Crippen LogP contribution in [0.3, 0.4) is 0 Å². The highest BCUT2D eigenvalue weighted by Gasteiger charge is 2.14. The van der Waals surface area contributed by atoms with Gasteiger partial charge < -0.3 is 9.67 Å². The maximum absolute atomic E-state index is 13.5. The molecule has 1 heterocycles. The van der Waals surface area contributed by atoms with E-state index in [1.807, 2.05) is 18.3 Å². The Hall–Kier alpha value is -1.65. The third-order valence-corrected chi connectivity index (χ3v) is 4.66. The smallest absolute Gasteiger partial charge is 0.123 e. The second-order valence-corrected chi connectivity index (χ2v) is 7.62. The number of nitrogens with zero attached hydrogens (tertiary/aromatic N) is 2. The number of benzene rings is 1. The van der Waals surface area contributed by atoms with Crippen molar-refractivity contribution in [2.75, 3.05) is 13.1 Å². The summed E-state index contributed by atoms with van der Waals surface area (Å²) in [6, 6.07) is 10.9. The van der Waals surface area contributed by atoms with Crippen molar-refractivity contribution in [1.29, 1.82) is 0 Å². The topological polar surface area (TPSA) is 28.4 Å². The molecule has 1 aromatic carbocycles. The van der Waals surface area contributed by atoms with Crippen molar-refractivity contribution in [3.8, 4) is 0 Å². The van der Waals surface area contributed by atoms with E-state index in [-0.39, 0.29) is 11.9 Å². The van der Waals surface area contributed by atoms with Gasteiger partial charge in [0.15, 0.2) is 0 Å². The molecule has 1 N–H and O–H groups in total. The first-order chi connectivity index (χ1) is 12.5. The molecule has 0 amide bonds. The first-order valence-electron chi connectivity index (χ1n) is 9.76. The maximum Gasteiger partial charge on any atom is 0.123 e. The Bertz CT molecular complexity index is 653. The van der Waals surface area contributed by atoms with Crippen LogP contribution in [0.4, 0.5) is 4.39 Å². The standard InChI is InChI=1S/C22H33FN2O/c1-4-7-22(26)17-24(13-11-18(2)3)16-21-10-6-12-25(21)15-19-8-5-9-20(23)14-19/h5-6,8-10,12,14,18,22,26H,4,7,11,13,15-17H2,1-3H3/t22-/m1/s1. The molecule has 0 fully saturated rings. The van der Waals surface area contributed by atoms with E-state index in [1.165, 1.54) is 11.8 Å². The second kappa shape index (κ2) is 10.5. The number of hydrogen-bond acceptors (Lipinski definition) is 2. The molecule has 1 aromatic heterocycles. The van der Waals surface area contributed by atoms with Crippen molar-refractivity contribution in [3.05, 3.63) is 59.7 Å². The third kappa shape index (κ3) is 6.93. The van der Waals surface area contributed by atoms with Crippen molar-refractivity contribution in [1.82, 2.24) is 9.47 Å². The minimum Gasteiger partial charge on any atom is -0.392 e. The van der Waals surface area contributed by atoms with Gasteiger partial charge in [-0.1, -0.05) is 39.3 Å². The van der Waals surface area contributed by atoms with Crippen LogP contribution in [0.15, 0.2) is 42.6 Å². The predicted molar refractivity (Wildman–Crippen MR) is 106 cm³/mol. The lowest BCUT2D eigenvalue weighted by molar-refractivity contribution is 0.0969. The van der Waals surface area contributed by atoms with Crippen LogP contribution in [0.1, 0.15) is 51.3 Å². The third-order valence-electron chi connectivity index (χ3n) is 4.66.